The van der Waals surface area contributed by atoms with Crippen molar-refractivity contribution in [2.24, 2.45) is 5.92 Å². The van der Waals surface area contributed by atoms with Crippen molar-refractivity contribution in [3.8, 4) is 11.5 Å². The van der Waals surface area contributed by atoms with E-state index in [2.05, 4.69) is 41.3 Å². The standard InChI is InChI=1S/C20H25NO2/c1-22-19-7-3-16(4-8-19)15-17-11-13-21(14-12-17)18-5-9-20(23-2)10-6-18/h3-10,17H,11-15H2,1-2H3. The van der Waals surface area contributed by atoms with Gasteiger partial charge in [-0.2, -0.15) is 0 Å². The monoisotopic (exact) mass is 311 g/mol. The highest BCUT2D eigenvalue weighted by Crippen LogP contribution is 2.27. The molecule has 0 amide bonds. The van der Waals surface area contributed by atoms with E-state index in [1.165, 1.54) is 30.5 Å². The van der Waals surface area contributed by atoms with E-state index in [9.17, 15) is 0 Å². The van der Waals surface area contributed by atoms with Gasteiger partial charge < -0.3 is 14.4 Å². The number of ether oxygens (including phenoxy) is 2. The molecule has 0 bridgehead atoms. The van der Waals surface area contributed by atoms with Crippen LogP contribution in [-0.2, 0) is 6.42 Å². The zero-order valence-electron chi connectivity index (χ0n) is 14.0. The number of piperidine rings is 1. The van der Waals surface area contributed by atoms with E-state index in [1.807, 2.05) is 12.1 Å². The van der Waals surface area contributed by atoms with Crippen LogP contribution in [0, 0.1) is 5.92 Å². The van der Waals surface area contributed by atoms with Gasteiger partial charge in [0.1, 0.15) is 11.5 Å². The van der Waals surface area contributed by atoms with E-state index in [1.54, 1.807) is 14.2 Å². The van der Waals surface area contributed by atoms with Crippen molar-refractivity contribution < 1.29 is 9.47 Å². The minimum atomic E-state index is 0.776. The molecular formula is C20H25NO2. The average molecular weight is 311 g/mol. The van der Waals surface area contributed by atoms with Gasteiger partial charge in [-0.1, -0.05) is 12.1 Å². The van der Waals surface area contributed by atoms with Crippen molar-refractivity contribution in [3.63, 3.8) is 0 Å². The highest BCUT2D eigenvalue weighted by atomic mass is 16.5. The summed E-state index contributed by atoms with van der Waals surface area (Å²) in [7, 11) is 3.42. The molecule has 0 radical (unpaired) electrons. The van der Waals surface area contributed by atoms with Gasteiger partial charge in [-0.25, -0.2) is 0 Å². The second-order valence-corrected chi connectivity index (χ2v) is 6.18. The number of methoxy groups -OCH3 is 2. The predicted octanol–water partition coefficient (Wildman–Crippen LogP) is 4.16. The molecule has 23 heavy (non-hydrogen) atoms. The van der Waals surface area contributed by atoms with E-state index in [0.717, 1.165) is 30.5 Å². The lowest BCUT2D eigenvalue weighted by Crippen LogP contribution is -2.34. The number of anilines is 1. The predicted molar refractivity (Wildman–Crippen MR) is 94.6 cm³/mol. The van der Waals surface area contributed by atoms with Crippen LogP contribution in [0.4, 0.5) is 5.69 Å². The lowest BCUT2D eigenvalue weighted by atomic mass is 9.90. The number of rotatable bonds is 5. The largest absolute Gasteiger partial charge is 0.497 e. The lowest BCUT2D eigenvalue weighted by molar-refractivity contribution is 0.401. The second kappa shape index (κ2) is 7.40. The molecular weight excluding hydrogens is 286 g/mol. The maximum Gasteiger partial charge on any atom is 0.119 e. The minimum absolute atomic E-state index is 0.776. The summed E-state index contributed by atoms with van der Waals surface area (Å²) in [6, 6.07) is 16.9. The zero-order valence-corrected chi connectivity index (χ0v) is 14.0. The lowest BCUT2D eigenvalue weighted by Gasteiger charge is -2.33. The SMILES string of the molecule is COc1ccc(CC2CCN(c3ccc(OC)cc3)CC2)cc1. The van der Waals surface area contributed by atoms with Crippen LogP contribution in [-0.4, -0.2) is 27.3 Å². The molecule has 3 nitrogen and oxygen atoms in total. The van der Waals surface area contributed by atoms with Gasteiger partial charge in [0, 0.05) is 18.8 Å². The molecule has 1 aliphatic heterocycles. The molecule has 2 aromatic rings. The Bertz CT molecular complexity index is 599. The van der Waals surface area contributed by atoms with Gasteiger partial charge >= 0.3 is 0 Å². The molecule has 0 unspecified atom stereocenters. The normalized spacial score (nSPS) is 15.5. The van der Waals surface area contributed by atoms with E-state index in [0.29, 0.717) is 0 Å². The van der Waals surface area contributed by atoms with Crippen LogP contribution in [0.15, 0.2) is 48.5 Å². The Hall–Kier alpha value is -2.16. The van der Waals surface area contributed by atoms with Crippen LogP contribution >= 0.6 is 0 Å². The Morgan fingerprint density at radius 2 is 1.35 bits per heavy atom. The molecule has 122 valence electrons. The van der Waals surface area contributed by atoms with Gasteiger partial charge in [0.2, 0.25) is 0 Å². The molecule has 3 rings (SSSR count). The highest BCUT2D eigenvalue weighted by molar-refractivity contribution is 5.49. The molecule has 3 heteroatoms. The Kier molecular flexibility index (Phi) is 5.06. The first-order valence-corrected chi connectivity index (χ1v) is 8.30. The fourth-order valence-electron chi connectivity index (χ4n) is 3.28. The summed E-state index contributed by atoms with van der Waals surface area (Å²) in [5, 5.41) is 0. The number of benzene rings is 2. The molecule has 1 aliphatic rings. The molecule has 1 fully saturated rings. The van der Waals surface area contributed by atoms with Crippen molar-refractivity contribution in [2.45, 2.75) is 19.3 Å². The topological polar surface area (TPSA) is 21.7 Å². The third-order valence-corrected chi connectivity index (χ3v) is 4.74. The van der Waals surface area contributed by atoms with Gasteiger partial charge in [0.05, 0.1) is 14.2 Å². The molecule has 0 saturated carbocycles. The second-order valence-electron chi connectivity index (χ2n) is 6.18. The van der Waals surface area contributed by atoms with Crippen molar-refractivity contribution in [1.29, 1.82) is 0 Å². The van der Waals surface area contributed by atoms with Crippen molar-refractivity contribution in [2.75, 3.05) is 32.2 Å². The molecule has 1 saturated heterocycles. The maximum atomic E-state index is 5.23. The maximum absolute atomic E-state index is 5.23. The Morgan fingerprint density at radius 1 is 0.826 bits per heavy atom. The fraction of sp³-hybridized carbons (Fsp3) is 0.400. The van der Waals surface area contributed by atoms with E-state index >= 15 is 0 Å². The van der Waals surface area contributed by atoms with E-state index in [4.69, 9.17) is 9.47 Å². The van der Waals surface area contributed by atoms with Gasteiger partial charge in [-0.15, -0.1) is 0 Å². The highest BCUT2D eigenvalue weighted by Gasteiger charge is 2.19. The Morgan fingerprint density at radius 3 is 1.87 bits per heavy atom. The van der Waals surface area contributed by atoms with Crippen molar-refractivity contribution >= 4 is 5.69 Å². The summed E-state index contributed by atoms with van der Waals surface area (Å²) < 4.78 is 10.5. The van der Waals surface area contributed by atoms with Crippen LogP contribution in [0.25, 0.3) is 0 Å². The number of nitrogens with zero attached hydrogens (tertiary/aromatic N) is 1. The van der Waals surface area contributed by atoms with Crippen LogP contribution in [0.2, 0.25) is 0 Å². The number of hydrogen-bond donors (Lipinski definition) is 0. The zero-order chi connectivity index (χ0) is 16.1. The van der Waals surface area contributed by atoms with Crippen LogP contribution in [0.3, 0.4) is 0 Å². The summed E-state index contributed by atoms with van der Waals surface area (Å²) in [5.41, 5.74) is 2.71. The van der Waals surface area contributed by atoms with Crippen LogP contribution in [0.1, 0.15) is 18.4 Å². The van der Waals surface area contributed by atoms with E-state index in [-0.39, 0.29) is 0 Å². The van der Waals surface area contributed by atoms with Gasteiger partial charge in [0.25, 0.3) is 0 Å². The summed E-state index contributed by atoms with van der Waals surface area (Å²) in [6.07, 6.45) is 3.66. The van der Waals surface area contributed by atoms with Gasteiger partial charge in [0.15, 0.2) is 0 Å². The Labute approximate surface area is 138 Å². The Balaban J connectivity index is 1.53. The van der Waals surface area contributed by atoms with Crippen molar-refractivity contribution in [3.05, 3.63) is 54.1 Å². The smallest absolute Gasteiger partial charge is 0.119 e. The summed E-state index contributed by atoms with van der Waals surface area (Å²) in [5.74, 6) is 2.63. The molecule has 2 aromatic carbocycles. The summed E-state index contributed by atoms with van der Waals surface area (Å²) in [6.45, 7) is 2.26. The molecule has 0 aliphatic carbocycles. The third kappa shape index (κ3) is 3.98. The molecule has 0 aromatic heterocycles. The first kappa shape index (κ1) is 15.7. The van der Waals surface area contributed by atoms with E-state index < -0.39 is 0 Å². The fourth-order valence-corrected chi connectivity index (χ4v) is 3.28. The van der Waals surface area contributed by atoms with Crippen molar-refractivity contribution in [1.82, 2.24) is 0 Å². The number of hydrogen-bond acceptors (Lipinski definition) is 3. The average Bonchev–Trinajstić information content (AvgIpc) is 2.63. The van der Waals surface area contributed by atoms with Gasteiger partial charge in [-0.3, -0.25) is 0 Å². The first-order chi connectivity index (χ1) is 11.3. The van der Waals surface area contributed by atoms with Crippen LogP contribution < -0.4 is 14.4 Å². The third-order valence-electron chi connectivity index (χ3n) is 4.74. The molecule has 0 spiro atoms. The quantitative estimate of drug-likeness (QED) is 0.827. The summed E-state index contributed by atoms with van der Waals surface area (Å²) in [4.78, 5) is 2.48. The van der Waals surface area contributed by atoms with Crippen LogP contribution in [0.5, 0.6) is 11.5 Å². The van der Waals surface area contributed by atoms with Gasteiger partial charge in [-0.05, 0) is 67.1 Å². The molecule has 1 heterocycles. The molecule has 0 atom stereocenters. The first-order valence-electron chi connectivity index (χ1n) is 8.30. The minimum Gasteiger partial charge on any atom is -0.497 e. The summed E-state index contributed by atoms with van der Waals surface area (Å²) >= 11 is 0. The molecule has 0 N–H and O–H groups in total.